The zero-order valence-electron chi connectivity index (χ0n) is 22.5. The summed E-state index contributed by atoms with van der Waals surface area (Å²) in [5.41, 5.74) is 0.913. The fraction of sp³-hybridized carbons (Fsp3) is 0.345. The standard InChI is InChI=1S/C29H31F3N6O2/c1-18(2)38-13-10-19(11-14-38)27(39)36-26-17-23(9-12-33-26)40-22-7-8-25-24(16-22)35-28(37(25)3)34-21-6-4-5-20(15-21)29(30,31)32/h4-9,12,15-19H,10-11,13-14H2,1-3H3,(H,34,35)(H,33,36,39). The van der Waals surface area contributed by atoms with Crippen LogP contribution in [0.4, 0.5) is 30.6 Å². The molecule has 1 aliphatic heterocycles. The maximum absolute atomic E-state index is 13.1. The number of aromatic nitrogens is 3. The second-order valence-corrected chi connectivity index (χ2v) is 10.2. The molecule has 2 aromatic carbocycles. The van der Waals surface area contributed by atoms with Crippen molar-refractivity contribution in [1.82, 2.24) is 19.4 Å². The van der Waals surface area contributed by atoms with Crippen molar-refractivity contribution in [1.29, 1.82) is 0 Å². The number of halogens is 3. The average molecular weight is 553 g/mol. The lowest BCUT2D eigenvalue weighted by Gasteiger charge is -2.33. The number of benzene rings is 2. The third-order valence-corrected chi connectivity index (χ3v) is 7.15. The number of amides is 1. The quantitative estimate of drug-likeness (QED) is 0.269. The maximum Gasteiger partial charge on any atom is 0.416 e. The highest BCUT2D eigenvalue weighted by atomic mass is 19.4. The van der Waals surface area contributed by atoms with E-state index >= 15 is 0 Å². The Bertz CT molecular complexity index is 1510. The molecular formula is C29H31F3N6O2. The molecule has 4 aromatic rings. The van der Waals surface area contributed by atoms with Gasteiger partial charge in [-0.3, -0.25) is 4.79 Å². The van der Waals surface area contributed by atoms with Gasteiger partial charge < -0.3 is 24.8 Å². The molecule has 1 aliphatic rings. The van der Waals surface area contributed by atoms with Crippen LogP contribution in [0.15, 0.2) is 60.8 Å². The summed E-state index contributed by atoms with van der Waals surface area (Å²) < 4.78 is 47.1. The normalized spacial score (nSPS) is 15.0. The predicted octanol–water partition coefficient (Wildman–Crippen LogP) is 6.58. The highest BCUT2D eigenvalue weighted by Gasteiger charge is 2.30. The van der Waals surface area contributed by atoms with Crippen LogP contribution in [0.1, 0.15) is 32.3 Å². The van der Waals surface area contributed by atoms with E-state index in [0.29, 0.717) is 34.8 Å². The molecule has 5 rings (SSSR count). The number of imidazole rings is 1. The minimum Gasteiger partial charge on any atom is -0.457 e. The van der Waals surface area contributed by atoms with Gasteiger partial charge in [0.1, 0.15) is 17.3 Å². The molecular weight excluding hydrogens is 521 g/mol. The Hall–Kier alpha value is -4.12. The molecule has 3 heterocycles. The largest absolute Gasteiger partial charge is 0.457 e. The Balaban J connectivity index is 1.26. The SMILES string of the molecule is CC(C)N1CCC(C(=O)Nc2cc(Oc3ccc4c(c3)nc(Nc3cccc(C(F)(F)F)c3)n4C)ccn2)CC1. The maximum atomic E-state index is 13.1. The lowest BCUT2D eigenvalue weighted by molar-refractivity contribution is -0.137. The smallest absolute Gasteiger partial charge is 0.416 e. The van der Waals surface area contributed by atoms with Gasteiger partial charge in [-0.1, -0.05) is 6.07 Å². The van der Waals surface area contributed by atoms with Crippen LogP contribution in [0.3, 0.4) is 0 Å². The van der Waals surface area contributed by atoms with Gasteiger partial charge in [-0.25, -0.2) is 9.97 Å². The number of hydrogen-bond donors (Lipinski definition) is 2. The molecule has 210 valence electrons. The predicted molar refractivity (Wildman–Crippen MR) is 148 cm³/mol. The number of hydrogen-bond acceptors (Lipinski definition) is 6. The van der Waals surface area contributed by atoms with Gasteiger partial charge in [0.2, 0.25) is 11.9 Å². The van der Waals surface area contributed by atoms with E-state index in [1.807, 2.05) is 6.07 Å². The molecule has 0 atom stereocenters. The summed E-state index contributed by atoms with van der Waals surface area (Å²) in [5, 5.41) is 5.88. The molecule has 2 aromatic heterocycles. The Morgan fingerprint density at radius 3 is 2.52 bits per heavy atom. The minimum absolute atomic E-state index is 0.0382. The number of rotatable bonds is 7. The third-order valence-electron chi connectivity index (χ3n) is 7.15. The average Bonchev–Trinajstić information content (AvgIpc) is 3.22. The molecule has 2 N–H and O–H groups in total. The number of carbonyl (C=O) groups is 1. The van der Waals surface area contributed by atoms with Crippen molar-refractivity contribution in [2.45, 2.75) is 38.9 Å². The molecule has 8 nitrogen and oxygen atoms in total. The van der Waals surface area contributed by atoms with Crippen molar-refractivity contribution < 1.29 is 22.7 Å². The van der Waals surface area contributed by atoms with Gasteiger partial charge in [0.15, 0.2) is 0 Å². The van der Waals surface area contributed by atoms with E-state index in [2.05, 4.69) is 39.3 Å². The van der Waals surface area contributed by atoms with Gasteiger partial charge in [0, 0.05) is 43.0 Å². The van der Waals surface area contributed by atoms with Gasteiger partial charge in [-0.15, -0.1) is 0 Å². The number of nitrogens with zero attached hydrogens (tertiary/aromatic N) is 4. The van der Waals surface area contributed by atoms with Gasteiger partial charge in [0.25, 0.3) is 0 Å². The minimum atomic E-state index is -4.43. The number of ether oxygens (including phenoxy) is 1. The molecule has 0 radical (unpaired) electrons. The summed E-state index contributed by atoms with van der Waals surface area (Å²) in [6, 6.07) is 14.2. The first-order valence-electron chi connectivity index (χ1n) is 13.2. The number of nitrogens with one attached hydrogen (secondary N) is 2. The summed E-state index contributed by atoms with van der Waals surface area (Å²) in [6.45, 7) is 6.13. The summed E-state index contributed by atoms with van der Waals surface area (Å²) in [7, 11) is 1.77. The molecule has 1 saturated heterocycles. The van der Waals surface area contributed by atoms with Crippen LogP contribution in [-0.2, 0) is 18.0 Å². The summed E-state index contributed by atoms with van der Waals surface area (Å²) in [5.74, 6) is 1.73. The molecule has 11 heteroatoms. The second kappa shape index (κ2) is 11.2. The van der Waals surface area contributed by atoms with Crippen LogP contribution in [0, 0.1) is 5.92 Å². The number of alkyl halides is 3. The van der Waals surface area contributed by atoms with Crippen molar-refractivity contribution in [2.75, 3.05) is 23.7 Å². The van der Waals surface area contributed by atoms with Crippen LogP contribution in [0.5, 0.6) is 11.5 Å². The van der Waals surface area contributed by atoms with E-state index in [-0.39, 0.29) is 17.5 Å². The molecule has 0 saturated carbocycles. The Morgan fingerprint density at radius 1 is 1.05 bits per heavy atom. The monoisotopic (exact) mass is 552 g/mol. The van der Waals surface area contributed by atoms with Crippen molar-refractivity contribution in [3.05, 3.63) is 66.4 Å². The first-order valence-corrected chi connectivity index (χ1v) is 13.2. The van der Waals surface area contributed by atoms with Crippen LogP contribution in [-0.4, -0.2) is 44.5 Å². The van der Waals surface area contributed by atoms with E-state index in [4.69, 9.17) is 4.74 Å². The summed E-state index contributed by atoms with van der Waals surface area (Å²) in [6.07, 6.45) is -1.23. The molecule has 0 bridgehead atoms. The van der Waals surface area contributed by atoms with Crippen molar-refractivity contribution in [3.8, 4) is 11.5 Å². The third kappa shape index (κ3) is 6.20. The number of carbonyl (C=O) groups excluding carboxylic acids is 1. The topological polar surface area (TPSA) is 84.3 Å². The van der Waals surface area contributed by atoms with E-state index in [9.17, 15) is 18.0 Å². The van der Waals surface area contributed by atoms with E-state index in [1.54, 1.807) is 48.1 Å². The number of fused-ring (bicyclic) bond motifs is 1. The number of aryl methyl sites for hydroxylation is 1. The Kier molecular flexibility index (Phi) is 7.66. The number of anilines is 3. The number of piperidine rings is 1. The van der Waals surface area contributed by atoms with Gasteiger partial charge in [-0.2, -0.15) is 13.2 Å². The van der Waals surface area contributed by atoms with E-state index in [1.165, 1.54) is 6.07 Å². The molecule has 1 fully saturated rings. The summed E-state index contributed by atoms with van der Waals surface area (Å²) in [4.78, 5) is 24.0. The molecule has 0 unspecified atom stereocenters. The van der Waals surface area contributed by atoms with Gasteiger partial charge >= 0.3 is 6.18 Å². The van der Waals surface area contributed by atoms with Crippen LogP contribution in [0.25, 0.3) is 11.0 Å². The van der Waals surface area contributed by atoms with E-state index in [0.717, 1.165) is 43.6 Å². The first kappa shape index (κ1) is 27.4. The van der Waals surface area contributed by atoms with Crippen molar-refractivity contribution >= 4 is 34.4 Å². The van der Waals surface area contributed by atoms with Crippen LogP contribution >= 0.6 is 0 Å². The fourth-order valence-corrected chi connectivity index (χ4v) is 4.84. The van der Waals surface area contributed by atoms with Gasteiger partial charge in [0.05, 0.1) is 16.6 Å². The molecule has 0 aliphatic carbocycles. The fourth-order valence-electron chi connectivity index (χ4n) is 4.84. The Labute approximate surface area is 230 Å². The summed E-state index contributed by atoms with van der Waals surface area (Å²) >= 11 is 0. The lowest BCUT2D eigenvalue weighted by atomic mass is 9.95. The first-order chi connectivity index (χ1) is 19.1. The molecule has 0 spiro atoms. The zero-order valence-corrected chi connectivity index (χ0v) is 22.5. The van der Waals surface area contributed by atoms with E-state index < -0.39 is 11.7 Å². The highest BCUT2D eigenvalue weighted by Crippen LogP contribution is 2.33. The zero-order chi connectivity index (χ0) is 28.4. The highest BCUT2D eigenvalue weighted by molar-refractivity contribution is 5.92. The Morgan fingerprint density at radius 2 is 1.80 bits per heavy atom. The van der Waals surface area contributed by atoms with Gasteiger partial charge in [-0.05, 0) is 76.2 Å². The lowest BCUT2D eigenvalue weighted by Crippen LogP contribution is -2.41. The van der Waals surface area contributed by atoms with Crippen LogP contribution < -0.4 is 15.4 Å². The number of pyridine rings is 1. The van der Waals surface area contributed by atoms with Crippen molar-refractivity contribution in [3.63, 3.8) is 0 Å². The van der Waals surface area contributed by atoms with Crippen LogP contribution in [0.2, 0.25) is 0 Å². The molecule has 40 heavy (non-hydrogen) atoms. The molecule has 1 amide bonds. The van der Waals surface area contributed by atoms with Crippen molar-refractivity contribution in [2.24, 2.45) is 13.0 Å². The number of likely N-dealkylation sites (tertiary alicyclic amines) is 1. The second-order valence-electron chi connectivity index (χ2n) is 10.2.